The molecule has 0 aliphatic carbocycles. The molecule has 8 heteroatoms. The number of esters is 1. The van der Waals surface area contributed by atoms with Gasteiger partial charge in [0.25, 0.3) is 0 Å². The molecule has 1 aromatic rings. The summed E-state index contributed by atoms with van der Waals surface area (Å²) in [5.74, 6) is -0.850. The maximum absolute atomic E-state index is 11.9. The fourth-order valence-corrected chi connectivity index (χ4v) is 2.42. The molecule has 0 amide bonds. The molecule has 25 heavy (non-hydrogen) atoms. The third-order valence-corrected chi connectivity index (χ3v) is 3.70. The number of nitrogens with zero attached hydrogens (tertiary/aromatic N) is 1. The van der Waals surface area contributed by atoms with Gasteiger partial charge in [0, 0.05) is 24.7 Å². The zero-order chi connectivity index (χ0) is 18.8. The molecule has 1 rings (SSSR count). The Hall–Kier alpha value is -2.48. The number of methoxy groups -OCH3 is 1. The summed E-state index contributed by atoms with van der Waals surface area (Å²) in [5, 5.41) is 21.2. The van der Waals surface area contributed by atoms with E-state index in [1.807, 2.05) is 0 Å². The van der Waals surface area contributed by atoms with Gasteiger partial charge in [0.2, 0.25) is 6.54 Å². The van der Waals surface area contributed by atoms with E-state index < -0.39 is 29.5 Å². The summed E-state index contributed by atoms with van der Waals surface area (Å²) in [5.41, 5.74) is 0.567. The average molecular weight is 353 g/mol. The second-order valence-electron chi connectivity index (χ2n) is 5.65. The third-order valence-electron chi connectivity index (χ3n) is 3.70. The summed E-state index contributed by atoms with van der Waals surface area (Å²) in [6, 6.07) is 6.58. The van der Waals surface area contributed by atoms with Gasteiger partial charge in [-0.25, -0.2) is 0 Å². The molecule has 0 unspecified atom stereocenters. The highest BCUT2D eigenvalue weighted by atomic mass is 16.6. The maximum Gasteiger partial charge on any atom is 0.302 e. The van der Waals surface area contributed by atoms with Crippen molar-refractivity contribution in [3.05, 3.63) is 39.9 Å². The van der Waals surface area contributed by atoms with Crippen molar-refractivity contribution in [1.29, 1.82) is 0 Å². The Labute approximate surface area is 145 Å². The molecule has 0 saturated carbocycles. The van der Waals surface area contributed by atoms with Crippen LogP contribution in [0, 0.1) is 10.1 Å². The smallest absolute Gasteiger partial charge is 0.302 e. The predicted molar refractivity (Wildman–Crippen MR) is 89.1 cm³/mol. The van der Waals surface area contributed by atoms with Crippen LogP contribution in [0.1, 0.15) is 37.7 Å². The molecule has 0 aromatic heterocycles. The van der Waals surface area contributed by atoms with Crippen LogP contribution in [0.15, 0.2) is 24.3 Å². The number of ketones is 1. The van der Waals surface area contributed by atoms with Crippen molar-refractivity contribution in [2.24, 2.45) is 0 Å². The van der Waals surface area contributed by atoms with E-state index in [4.69, 9.17) is 9.47 Å². The molecule has 0 spiro atoms. The van der Waals surface area contributed by atoms with Gasteiger partial charge in [-0.05, 0) is 24.1 Å². The summed E-state index contributed by atoms with van der Waals surface area (Å²) in [6.07, 6.45) is -0.865. The largest absolute Gasteiger partial charge is 0.497 e. The molecular weight excluding hydrogens is 330 g/mol. The van der Waals surface area contributed by atoms with Crippen molar-refractivity contribution in [3.63, 3.8) is 0 Å². The molecule has 0 bridgehead atoms. The molecule has 0 fully saturated rings. The first-order valence-electron chi connectivity index (χ1n) is 7.92. The van der Waals surface area contributed by atoms with Crippen LogP contribution in [0.3, 0.4) is 0 Å². The number of aliphatic hydroxyl groups excluding tert-OH is 1. The maximum atomic E-state index is 11.9. The van der Waals surface area contributed by atoms with E-state index in [9.17, 15) is 24.8 Å². The predicted octanol–water partition coefficient (Wildman–Crippen LogP) is 1.72. The van der Waals surface area contributed by atoms with Gasteiger partial charge in [0.05, 0.1) is 25.7 Å². The number of nitro groups is 1. The minimum absolute atomic E-state index is 0.133. The van der Waals surface area contributed by atoms with E-state index in [1.165, 1.54) is 14.0 Å². The van der Waals surface area contributed by atoms with E-state index in [0.29, 0.717) is 17.7 Å². The molecule has 0 radical (unpaired) electrons. The Kier molecular flexibility index (Phi) is 8.55. The number of hydrogen-bond acceptors (Lipinski definition) is 7. The Morgan fingerprint density at radius 3 is 2.44 bits per heavy atom. The Bertz CT molecular complexity index is 585. The monoisotopic (exact) mass is 353 g/mol. The van der Waals surface area contributed by atoms with Crippen molar-refractivity contribution in [2.45, 2.75) is 38.2 Å². The Balaban J connectivity index is 2.66. The molecule has 138 valence electrons. The van der Waals surface area contributed by atoms with E-state index >= 15 is 0 Å². The van der Waals surface area contributed by atoms with Crippen LogP contribution in [0.4, 0.5) is 0 Å². The van der Waals surface area contributed by atoms with Crippen molar-refractivity contribution in [3.8, 4) is 5.75 Å². The van der Waals surface area contributed by atoms with Crippen LogP contribution in [-0.2, 0) is 14.3 Å². The molecule has 1 N–H and O–H groups in total. The van der Waals surface area contributed by atoms with Gasteiger partial charge >= 0.3 is 5.97 Å². The van der Waals surface area contributed by atoms with Crippen LogP contribution >= 0.6 is 0 Å². The van der Waals surface area contributed by atoms with Crippen molar-refractivity contribution in [1.82, 2.24) is 0 Å². The lowest BCUT2D eigenvalue weighted by atomic mass is 9.90. The topological polar surface area (TPSA) is 116 Å². The van der Waals surface area contributed by atoms with Gasteiger partial charge in [-0.2, -0.15) is 0 Å². The third kappa shape index (κ3) is 7.75. The standard InChI is InChI=1S/C17H23NO7/c1-12(19)25-9-3-4-14(20)10-17(21)16(11-18(22)23)13-5-7-15(24-2)8-6-13/h5-8,16-17,21H,3-4,9-11H2,1-2H3/t16-,17-/m0/s1. The Morgan fingerprint density at radius 1 is 1.28 bits per heavy atom. The first-order valence-corrected chi connectivity index (χ1v) is 7.92. The zero-order valence-corrected chi connectivity index (χ0v) is 14.3. The summed E-state index contributed by atoms with van der Waals surface area (Å²) in [7, 11) is 1.51. The van der Waals surface area contributed by atoms with E-state index in [0.717, 1.165) is 0 Å². The van der Waals surface area contributed by atoms with Gasteiger partial charge in [-0.1, -0.05) is 12.1 Å². The van der Waals surface area contributed by atoms with Gasteiger partial charge in [-0.3, -0.25) is 19.7 Å². The van der Waals surface area contributed by atoms with Crippen molar-refractivity contribution >= 4 is 11.8 Å². The number of rotatable bonds is 11. The number of carbonyl (C=O) groups is 2. The highest BCUT2D eigenvalue weighted by Gasteiger charge is 2.28. The summed E-state index contributed by atoms with van der Waals surface area (Å²) < 4.78 is 9.77. The average Bonchev–Trinajstić information content (AvgIpc) is 2.56. The fraction of sp³-hybridized carbons (Fsp3) is 0.529. The number of aliphatic hydroxyl groups is 1. The highest BCUT2D eigenvalue weighted by molar-refractivity contribution is 5.79. The van der Waals surface area contributed by atoms with E-state index in [-0.39, 0.29) is 25.2 Å². The first-order chi connectivity index (χ1) is 11.8. The summed E-state index contributed by atoms with van der Waals surface area (Å²) >= 11 is 0. The molecule has 8 nitrogen and oxygen atoms in total. The number of hydrogen-bond donors (Lipinski definition) is 1. The minimum atomic E-state index is -1.17. The van der Waals surface area contributed by atoms with Gasteiger partial charge in [0.15, 0.2) is 0 Å². The van der Waals surface area contributed by atoms with Gasteiger partial charge < -0.3 is 14.6 Å². The van der Waals surface area contributed by atoms with E-state index in [1.54, 1.807) is 24.3 Å². The van der Waals surface area contributed by atoms with Crippen LogP contribution in [0.5, 0.6) is 5.75 Å². The number of carbonyl (C=O) groups excluding carboxylic acids is 2. The highest BCUT2D eigenvalue weighted by Crippen LogP contribution is 2.25. The normalized spacial score (nSPS) is 12.9. The first kappa shape index (κ1) is 20.6. The van der Waals surface area contributed by atoms with Crippen LogP contribution in [0.25, 0.3) is 0 Å². The number of benzene rings is 1. The Morgan fingerprint density at radius 2 is 1.92 bits per heavy atom. The quantitative estimate of drug-likeness (QED) is 0.279. The van der Waals surface area contributed by atoms with Crippen LogP contribution in [-0.4, -0.2) is 48.1 Å². The molecule has 0 aliphatic rings. The SMILES string of the molecule is COc1ccc([C@H](C[N+](=O)[O-])[C@@H](O)CC(=O)CCCOC(C)=O)cc1. The second-order valence-corrected chi connectivity index (χ2v) is 5.65. The molecule has 0 saturated heterocycles. The van der Waals surface area contributed by atoms with Crippen LogP contribution in [0.2, 0.25) is 0 Å². The molecule has 2 atom stereocenters. The molecule has 1 aromatic carbocycles. The fourth-order valence-electron chi connectivity index (χ4n) is 2.42. The van der Waals surface area contributed by atoms with Gasteiger partial charge in [0.1, 0.15) is 11.5 Å². The van der Waals surface area contributed by atoms with E-state index in [2.05, 4.69) is 0 Å². The number of ether oxygens (including phenoxy) is 2. The number of Topliss-reactive ketones (excluding diaryl/α,β-unsaturated/α-hetero) is 1. The van der Waals surface area contributed by atoms with Crippen molar-refractivity contribution in [2.75, 3.05) is 20.3 Å². The molecule has 0 heterocycles. The lowest BCUT2D eigenvalue weighted by Gasteiger charge is -2.20. The zero-order valence-electron chi connectivity index (χ0n) is 14.3. The van der Waals surface area contributed by atoms with Crippen LogP contribution < -0.4 is 4.74 Å². The second kappa shape index (κ2) is 10.4. The minimum Gasteiger partial charge on any atom is -0.497 e. The lowest BCUT2D eigenvalue weighted by Crippen LogP contribution is -2.28. The van der Waals surface area contributed by atoms with Gasteiger partial charge in [-0.15, -0.1) is 0 Å². The lowest BCUT2D eigenvalue weighted by molar-refractivity contribution is -0.485. The molecular formula is C17H23NO7. The molecule has 0 aliphatic heterocycles. The van der Waals surface area contributed by atoms with Crippen molar-refractivity contribution < 1.29 is 29.1 Å². The summed E-state index contributed by atoms with van der Waals surface area (Å²) in [4.78, 5) is 33.0. The summed E-state index contributed by atoms with van der Waals surface area (Å²) in [6.45, 7) is 0.935.